The van der Waals surface area contributed by atoms with E-state index in [4.69, 9.17) is 0 Å². The Labute approximate surface area is 152 Å². The van der Waals surface area contributed by atoms with Crippen molar-refractivity contribution in [2.75, 3.05) is 6.54 Å². The molecule has 0 spiro atoms. The molecule has 0 saturated carbocycles. The Kier molecular flexibility index (Phi) is 4.03. The molecule has 2 heterocycles. The lowest BCUT2D eigenvalue weighted by Crippen LogP contribution is -2.41. The Balaban J connectivity index is 1.57. The number of rotatable bonds is 2. The van der Waals surface area contributed by atoms with Gasteiger partial charge in [0.1, 0.15) is 11.9 Å². The van der Waals surface area contributed by atoms with E-state index in [-0.39, 0.29) is 16.6 Å². The summed E-state index contributed by atoms with van der Waals surface area (Å²) in [5.74, 6) is 0.134. The molecule has 0 radical (unpaired) electrons. The summed E-state index contributed by atoms with van der Waals surface area (Å²) in [5.41, 5.74) is 2.93. The van der Waals surface area contributed by atoms with E-state index in [1.165, 1.54) is 11.6 Å². The quantitative estimate of drug-likeness (QED) is 0.875. The lowest BCUT2D eigenvalue weighted by atomic mass is 9.99. The number of sulfonamides is 1. The highest BCUT2D eigenvalue weighted by atomic mass is 32.2. The lowest BCUT2D eigenvalue weighted by molar-refractivity contribution is -0.133. The monoisotopic (exact) mass is 369 g/mol. The summed E-state index contributed by atoms with van der Waals surface area (Å²) in [5, 5.41) is 0. The maximum atomic E-state index is 12.8. The van der Waals surface area contributed by atoms with E-state index in [0.717, 1.165) is 12.0 Å². The highest BCUT2D eigenvalue weighted by Gasteiger charge is 2.32. The molecule has 2 aliphatic heterocycles. The Bertz CT molecular complexity index is 1010. The van der Waals surface area contributed by atoms with Gasteiger partial charge in [0, 0.05) is 18.7 Å². The molecule has 134 valence electrons. The average molecular weight is 369 g/mol. The number of amidine groups is 1. The maximum Gasteiger partial charge on any atom is 0.263 e. The minimum absolute atomic E-state index is 0.101. The van der Waals surface area contributed by atoms with Crippen molar-refractivity contribution >= 4 is 21.8 Å². The smallest absolute Gasteiger partial charge is 0.263 e. The predicted molar refractivity (Wildman–Crippen MR) is 98.3 cm³/mol. The second-order valence-electron chi connectivity index (χ2n) is 6.53. The standard InChI is InChI=1S/C19H19N3O3S/c1-13(19(23)22-11-10-14-6-2-3-7-15(14)12-22)20-18-16-8-4-5-9-17(16)26(24,25)21-18/h2-9,13H,10-12H2,1H3,(H,20,21)/t13-/m0/s1. The van der Waals surface area contributed by atoms with Crippen molar-refractivity contribution in [3.63, 3.8) is 0 Å². The molecule has 0 aromatic heterocycles. The number of hydrogen-bond donors (Lipinski definition) is 1. The number of hydrogen-bond acceptors (Lipinski definition) is 4. The zero-order valence-corrected chi connectivity index (χ0v) is 15.2. The first-order valence-electron chi connectivity index (χ1n) is 8.51. The van der Waals surface area contributed by atoms with Crippen LogP contribution in [-0.4, -0.2) is 37.6 Å². The summed E-state index contributed by atoms with van der Waals surface area (Å²) < 4.78 is 26.8. The minimum atomic E-state index is -3.60. The number of carbonyl (C=O) groups is 1. The van der Waals surface area contributed by atoms with Gasteiger partial charge in [-0.1, -0.05) is 36.4 Å². The predicted octanol–water partition coefficient (Wildman–Crippen LogP) is 1.70. The molecule has 2 aromatic rings. The molecule has 0 unspecified atom stereocenters. The van der Waals surface area contributed by atoms with Crippen LogP contribution in [0.25, 0.3) is 0 Å². The molecule has 0 aliphatic carbocycles. The molecule has 1 N–H and O–H groups in total. The van der Waals surface area contributed by atoms with Crippen LogP contribution in [0.5, 0.6) is 0 Å². The molecular weight excluding hydrogens is 350 g/mol. The summed E-state index contributed by atoms with van der Waals surface area (Å²) in [6.07, 6.45) is 0.820. The number of benzene rings is 2. The third-order valence-electron chi connectivity index (χ3n) is 4.79. The van der Waals surface area contributed by atoms with Crippen LogP contribution in [0.15, 0.2) is 58.4 Å². The number of nitrogens with one attached hydrogen (secondary N) is 1. The van der Waals surface area contributed by atoms with Gasteiger partial charge in [-0.25, -0.2) is 8.42 Å². The molecular formula is C19H19N3O3S. The molecule has 1 atom stereocenters. The van der Waals surface area contributed by atoms with Gasteiger partial charge in [0.2, 0.25) is 5.91 Å². The highest BCUT2D eigenvalue weighted by molar-refractivity contribution is 7.90. The van der Waals surface area contributed by atoms with Gasteiger partial charge in [-0.3, -0.25) is 14.5 Å². The number of aliphatic imine (C=N–C) groups is 1. The Hall–Kier alpha value is -2.67. The third kappa shape index (κ3) is 2.88. The largest absolute Gasteiger partial charge is 0.336 e. The van der Waals surface area contributed by atoms with Crippen molar-refractivity contribution in [2.45, 2.75) is 30.8 Å². The molecule has 0 bridgehead atoms. The molecule has 1 amide bonds. The van der Waals surface area contributed by atoms with Crippen molar-refractivity contribution in [2.24, 2.45) is 4.99 Å². The van der Waals surface area contributed by atoms with Crippen LogP contribution in [-0.2, 0) is 27.8 Å². The molecule has 2 aliphatic rings. The van der Waals surface area contributed by atoms with Crippen molar-refractivity contribution in [1.82, 2.24) is 9.62 Å². The van der Waals surface area contributed by atoms with E-state index in [1.807, 2.05) is 18.2 Å². The topological polar surface area (TPSA) is 78.8 Å². The van der Waals surface area contributed by atoms with Crippen LogP contribution in [0, 0.1) is 0 Å². The summed E-state index contributed by atoms with van der Waals surface area (Å²) in [4.78, 5) is 19.2. The number of carbonyl (C=O) groups excluding carboxylic acids is 1. The molecule has 0 fully saturated rings. The van der Waals surface area contributed by atoms with Crippen LogP contribution < -0.4 is 4.72 Å². The minimum Gasteiger partial charge on any atom is -0.336 e. The van der Waals surface area contributed by atoms with Gasteiger partial charge in [-0.2, -0.15) is 0 Å². The van der Waals surface area contributed by atoms with Gasteiger partial charge in [-0.15, -0.1) is 0 Å². The highest BCUT2D eigenvalue weighted by Crippen LogP contribution is 2.23. The van der Waals surface area contributed by atoms with E-state index >= 15 is 0 Å². The van der Waals surface area contributed by atoms with E-state index in [2.05, 4.69) is 15.8 Å². The SMILES string of the molecule is C[C@H](N=C1NS(=O)(=O)c2ccccc21)C(=O)N1CCc2ccccc2C1. The van der Waals surface area contributed by atoms with Gasteiger partial charge >= 0.3 is 0 Å². The Morgan fingerprint density at radius 2 is 1.81 bits per heavy atom. The van der Waals surface area contributed by atoms with Crippen molar-refractivity contribution in [3.05, 3.63) is 65.2 Å². The fourth-order valence-electron chi connectivity index (χ4n) is 3.43. The van der Waals surface area contributed by atoms with Crippen LogP contribution in [0.4, 0.5) is 0 Å². The van der Waals surface area contributed by atoms with E-state index in [1.54, 1.807) is 30.0 Å². The molecule has 2 aromatic carbocycles. The molecule has 6 nitrogen and oxygen atoms in total. The van der Waals surface area contributed by atoms with Crippen molar-refractivity contribution in [3.8, 4) is 0 Å². The van der Waals surface area contributed by atoms with E-state index in [0.29, 0.717) is 18.7 Å². The molecule has 4 rings (SSSR count). The summed E-state index contributed by atoms with van der Waals surface area (Å²) in [6, 6.07) is 14.1. The first kappa shape index (κ1) is 16.8. The Morgan fingerprint density at radius 1 is 1.12 bits per heavy atom. The second kappa shape index (κ2) is 6.25. The fraction of sp³-hybridized carbons (Fsp3) is 0.263. The van der Waals surface area contributed by atoms with Crippen LogP contribution in [0.3, 0.4) is 0 Å². The molecule has 0 saturated heterocycles. The van der Waals surface area contributed by atoms with Crippen LogP contribution in [0.2, 0.25) is 0 Å². The van der Waals surface area contributed by atoms with Gasteiger partial charge in [0.15, 0.2) is 0 Å². The second-order valence-corrected chi connectivity index (χ2v) is 8.18. The zero-order valence-electron chi connectivity index (χ0n) is 14.3. The molecule has 26 heavy (non-hydrogen) atoms. The van der Waals surface area contributed by atoms with E-state index < -0.39 is 16.1 Å². The van der Waals surface area contributed by atoms with Gasteiger partial charge in [0.25, 0.3) is 10.0 Å². The summed E-state index contributed by atoms with van der Waals surface area (Å²) in [6.45, 7) is 2.91. The number of fused-ring (bicyclic) bond motifs is 2. The molecule has 7 heteroatoms. The van der Waals surface area contributed by atoms with Gasteiger partial charge in [-0.05, 0) is 36.6 Å². The number of nitrogens with zero attached hydrogens (tertiary/aromatic N) is 2. The third-order valence-corrected chi connectivity index (χ3v) is 6.18. The van der Waals surface area contributed by atoms with Crippen molar-refractivity contribution < 1.29 is 13.2 Å². The number of amides is 1. The fourth-order valence-corrected chi connectivity index (χ4v) is 4.67. The Morgan fingerprint density at radius 3 is 2.62 bits per heavy atom. The maximum absolute atomic E-state index is 12.8. The first-order chi connectivity index (χ1) is 12.5. The first-order valence-corrected chi connectivity index (χ1v) is 9.99. The van der Waals surface area contributed by atoms with Crippen molar-refractivity contribution in [1.29, 1.82) is 0 Å². The summed E-state index contributed by atoms with van der Waals surface area (Å²) >= 11 is 0. The van der Waals surface area contributed by atoms with Gasteiger partial charge in [0.05, 0.1) is 4.90 Å². The van der Waals surface area contributed by atoms with Gasteiger partial charge < -0.3 is 4.90 Å². The zero-order chi connectivity index (χ0) is 18.3. The van der Waals surface area contributed by atoms with Crippen LogP contribution in [0.1, 0.15) is 23.6 Å². The van der Waals surface area contributed by atoms with E-state index in [9.17, 15) is 13.2 Å². The normalized spacial score (nSPS) is 20.2. The lowest BCUT2D eigenvalue weighted by Gasteiger charge is -2.30. The summed E-state index contributed by atoms with van der Waals surface area (Å²) in [7, 11) is -3.60. The van der Waals surface area contributed by atoms with Crippen LogP contribution >= 0.6 is 0 Å². The average Bonchev–Trinajstić information content (AvgIpc) is 2.91.